The molecule has 1 aromatic carbocycles. The van der Waals surface area contributed by atoms with Crippen LogP contribution >= 0.6 is 0 Å². The first-order valence-electron chi connectivity index (χ1n) is 8.11. The molecule has 0 unspecified atom stereocenters. The van der Waals surface area contributed by atoms with Crippen LogP contribution in [0.15, 0.2) is 30.3 Å². The first-order valence-corrected chi connectivity index (χ1v) is 8.11. The topological polar surface area (TPSA) is 12.5 Å². The van der Waals surface area contributed by atoms with Gasteiger partial charge in [0.1, 0.15) is 0 Å². The van der Waals surface area contributed by atoms with Crippen LogP contribution in [0.2, 0.25) is 0 Å². The molecule has 1 aliphatic heterocycles. The van der Waals surface area contributed by atoms with Gasteiger partial charge in [0, 0.05) is 6.61 Å². The highest BCUT2D eigenvalue weighted by Crippen LogP contribution is 2.09. The molecule has 0 atom stereocenters. The molecule has 0 aliphatic carbocycles. The summed E-state index contributed by atoms with van der Waals surface area (Å²) in [4.78, 5) is 2.59. The Kier molecular flexibility index (Phi) is 7.73. The van der Waals surface area contributed by atoms with E-state index in [4.69, 9.17) is 4.74 Å². The summed E-state index contributed by atoms with van der Waals surface area (Å²) in [6, 6.07) is 10.6. The Hall–Kier alpha value is -0.860. The average molecular weight is 274 g/mol. The van der Waals surface area contributed by atoms with Crippen molar-refractivity contribution in [2.75, 3.05) is 32.8 Å². The number of hydrogen-bond donors (Lipinski definition) is 0. The maximum Gasteiger partial charge on any atom is 0.0506 e. The highest BCUT2D eigenvalue weighted by atomic mass is 16.5. The van der Waals surface area contributed by atoms with Crippen LogP contribution in [0.5, 0.6) is 0 Å². The minimum absolute atomic E-state index is 0.853. The highest BCUT2D eigenvalue weighted by Gasteiger charge is 2.08. The molecule has 0 bridgehead atoms. The van der Waals surface area contributed by atoms with Crippen LogP contribution in [-0.2, 0) is 11.2 Å². The van der Waals surface area contributed by atoms with Crippen LogP contribution in [0.1, 0.15) is 37.7 Å². The lowest BCUT2D eigenvalue weighted by atomic mass is 10.1. The molecule has 1 aliphatic rings. The first kappa shape index (κ1) is 15.5. The average Bonchev–Trinajstić information content (AvgIpc) is 2.52. The van der Waals surface area contributed by atoms with Crippen LogP contribution in [0, 0.1) is 6.42 Å². The van der Waals surface area contributed by atoms with Gasteiger partial charge in [-0.1, -0.05) is 30.3 Å². The molecule has 2 nitrogen and oxygen atoms in total. The maximum absolute atomic E-state index is 5.71. The normalized spacial score (nSPS) is 16.4. The molecule has 0 aromatic heterocycles. The predicted octanol–water partition coefficient (Wildman–Crippen LogP) is 3.72. The second kappa shape index (κ2) is 9.95. The summed E-state index contributed by atoms with van der Waals surface area (Å²) in [6.07, 6.45) is 9.83. The predicted molar refractivity (Wildman–Crippen MR) is 84.8 cm³/mol. The molecule has 2 heteroatoms. The van der Waals surface area contributed by atoms with Gasteiger partial charge in [0.2, 0.25) is 0 Å². The van der Waals surface area contributed by atoms with Crippen LogP contribution in [-0.4, -0.2) is 37.7 Å². The summed E-state index contributed by atoms with van der Waals surface area (Å²) in [5.41, 5.74) is 1.37. The van der Waals surface area contributed by atoms with E-state index in [1.807, 2.05) is 0 Å². The molecule has 2 rings (SSSR count). The van der Waals surface area contributed by atoms with Gasteiger partial charge in [-0.25, -0.2) is 0 Å². The molecule has 1 heterocycles. The third kappa shape index (κ3) is 6.53. The summed E-state index contributed by atoms with van der Waals surface area (Å²) in [5, 5.41) is 0. The van der Waals surface area contributed by atoms with Crippen molar-refractivity contribution in [3.8, 4) is 0 Å². The van der Waals surface area contributed by atoms with Gasteiger partial charge < -0.3 is 9.64 Å². The molecule has 1 radical (unpaired) electrons. The zero-order valence-corrected chi connectivity index (χ0v) is 12.6. The van der Waals surface area contributed by atoms with Crippen molar-refractivity contribution in [2.45, 2.75) is 38.5 Å². The van der Waals surface area contributed by atoms with Crippen molar-refractivity contribution < 1.29 is 4.74 Å². The van der Waals surface area contributed by atoms with Gasteiger partial charge in [0.15, 0.2) is 0 Å². The van der Waals surface area contributed by atoms with E-state index in [-0.39, 0.29) is 0 Å². The number of likely N-dealkylation sites (tertiary alicyclic amines) is 1. The van der Waals surface area contributed by atoms with Crippen molar-refractivity contribution in [1.82, 2.24) is 4.90 Å². The molecule has 1 aromatic rings. The SMILES string of the molecule is [CH]1CCN(CCCCCOCCc2ccccc2)CC1. The second-order valence-electron chi connectivity index (χ2n) is 5.62. The molecule has 1 fully saturated rings. The van der Waals surface area contributed by atoms with Crippen LogP contribution in [0.25, 0.3) is 0 Å². The largest absolute Gasteiger partial charge is 0.381 e. The standard InChI is InChI=1S/C18H28NO/c1-4-10-18(11-5-1)12-17-20-16-9-3-8-15-19-13-6-2-7-14-19/h1-2,4-5,10-11H,3,6-9,12-17H2. The Morgan fingerprint density at radius 3 is 2.50 bits per heavy atom. The molecule has 0 amide bonds. The second-order valence-corrected chi connectivity index (χ2v) is 5.62. The third-order valence-electron chi connectivity index (χ3n) is 3.94. The van der Waals surface area contributed by atoms with E-state index in [1.165, 1.54) is 57.3 Å². The number of ether oxygens (including phenoxy) is 1. The van der Waals surface area contributed by atoms with E-state index in [1.54, 1.807) is 0 Å². The molecule has 0 spiro atoms. The highest BCUT2D eigenvalue weighted by molar-refractivity contribution is 5.14. The number of nitrogens with zero attached hydrogens (tertiary/aromatic N) is 1. The van der Waals surface area contributed by atoms with Crippen molar-refractivity contribution in [3.63, 3.8) is 0 Å². The monoisotopic (exact) mass is 274 g/mol. The van der Waals surface area contributed by atoms with Gasteiger partial charge in [-0.05, 0) is 70.1 Å². The summed E-state index contributed by atoms with van der Waals surface area (Å²) in [7, 11) is 0. The summed E-state index contributed by atoms with van der Waals surface area (Å²) in [5.74, 6) is 0. The van der Waals surface area contributed by atoms with Gasteiger partial charge in [0.25, 0.3) is 0 Å². The Morgan fingerprint density at radius 1 is 0.900 bits per heavy atom. The van der Waals surface area contributed by atoms with Crippen LogP contribution in [0.3, 0.4) is 0 Å². The number of hydrogen-bond acceptors (Lipinski definition) is 2. The van der Waals surface area contributed by atoms with Gasteiger partial charge in [-0.3, -0.25) is 0 Å². The Morgan fingerprint density at radius 2 is 1.70 bits per heavy atom. The van der Waals surface area contributed by atoms with E-state index in [0.717, 1.165) is 19.6 Å². The zero-order valence-electron chi connectivity index (χ0n) is 12.6. The quantitative estimate of drug-likeness (QED) is 0.636. The number of rotatable bonds is 9. The van der Waals surface area contributed by atoms with Gasteiger partial charge in [0.05, 0.1) is 6.61 Å². The molecule has 1 saturated heterocycles. The zero-order chi connectivity index (χ0) is 13.9. The fourth-order valence-electron chi connectivity index (χ4n) is 2.68. The van der Waals surface area contributed by atoms with E-state index in [9.17, 15) is 0 Å². The molecular formula is C18H28NO. The summed E-state index contributed by atoms with van der Waals surface area (Å²) < 4.78 is 5.71. The van der Waals surface area contributed by atoms with E-state index in [0.29, 0.717) is 0 Å². The Bertz CT molecular complexity index is 333. The first-order chi connectivity index (χ1) is 9.95. The van der Waals surface area contributed by atoms with E-state index >= 15 is 0 Å². The molecule has 0 N–H and O–H groups in total. The van der Waals surface area contributed by atoms with Crippen molar-refractivity contribution in [3.05, 3.63) is 42.3 Å². The fraction of sp³-hybridized carbons (Fsp3) is 0.611. The molecule has 0 saturated carbocycles. The van der Waals surface area contributed by atoms with E-state index < -0.39 is 0 Å². The number of benzene rings is 1. The van der Waals surface area contributed by atoms with E-state index in [2.05, 4.69) is 41.7 Å². The fourth-order valence-corrected chi connectivity index (χ4v) is 2.68. The number of piperidine rings is 1. The van der Waals surface area contributed by atoms with Gasteiger partial charge in [-0.2, -0.15) is 0 Å². The van der Waals surface area contributed by atoms with Crippen molar-refractivity contribution in [1.29, 1.82) is 0 Å². The lowest BCUT2D eigenvalue weighted by molar-refractivity contribution is 0.131. The summed E-state index contributed by atoms with van der Waals surface area (Å²) >= 11 is 0. The molecular weight excluding hydrogens is 246 g/mol. The maximum atomic E-state index is 5.71. The molecule has 111 valence electrons. The van der Waals surface area contributed by atoms with Gasteiger partial charge >= 0.3 is 0 Å². The lowest BCUT2D eigenvalue weighted by Crippen LogP contribution is -2.30. The Labute approximate surface area is 124 Å². The summed E-state index contributed by atoms with van der Waals surface area (Å²) in [6.45, 7) is 5.59. The van der Waals surface area contributed by atoms with Crippen LogP contribution < -0.4 is 0 Å². The minimum Gasteiger partial charge on any atom is -0.381 e. The van der Waals surface area contributed by atoms with Crippen molar-refractivity contribution in [2.24, 2.45) is 0 Å². The molecule has 20 heavy (non-hydrogen) atoms. The smallest absolute Gasteiger partial charge is 0.0506 e. The van der Waals surface area contributed by atoms with Crippen LogP contribution in [0.4, 0.5) is 0 Å². The van der Waals surface area contributed by atoms with Crippen molar-refractivity contribution >= 4 is 0 Å². The minimum atomic E-state index is 0.853. The van der Waals surface area contributed by atoms with Gasteiger partial charge in [-0.15, -0.1) is 0 Å². The third-order valence-corrected chi connectivity index (χ3v) is 3.94. The number of unbranched alkanes of at least 4 members (excludes halogenated alkanes) is 2. The lowest BCUT2D eigenvalue weighted by Gasteiger charge is -2.26. The Balaban J connectivity index is 1.38.